The van der Waals surface area contributed by atoms with E-state index in [4.69, 9.17) is 5.73 Å². The van der Waals surface area contributed by atoms with Crippen LogP contribution in [0.2, 0.25) is 0 Å². The summed E-state index contributed by atoms with van der Waals surface area (Å²) in [4.78, 5) is 41.7. The highest BCUT2D eigenvalue weighted by atomic mass is 19.1. The number of carbonyl (C=O) groups is 1. The molecule has 1 saturated carbocycles. The summed E-state index contributed by atoms with van der Waals surface area (Å²) in [5, 5.41) is 9.24. The Morgan fingerprint density at radius 1 is 1.20 bits per heavy atom. The fourth-order valence-corrected chi connectivity index (χ4v) is 4.05. The molecule has 0 spiro atoms. The lowest BCUT2D eigenvalue weighted by Gasteiger charge is -2.27. The standard InChI is InChI=1S/C21H21FN4O4/c22-14-9-17-18(24-10-14)25(11-12-2-1-3-13(8-12)20(28)29)21(30)26(19(17)27)16-6-4-15(23)5-7-16/h1-3,8-10,15-16H,4-7,11,23H2,(H,28,29). The van der Waals surface area contributed by atoms with Gasteiger partial charge in [-0.2, -0.15) is 0 Å². The fourth-order valence-electron chi connectivity index (χ4n) is 4.05. The van der Waals surface area contributed by atoms with Gasteiger partial charge in [0.1, 0.15) is 11.5 Å². The minimum atomic E-state index is -1.09. The van der Waals surface area contributed by atoms with E-state index in [0.29, 0.717) is 31.2 Å². The van der Waals surface area contributed by atoms with Crippen molar-refractivity contribution in [3.05, 3.63) is 74.3 Å². The third-order valence-electron chi connectivity index (χ3n) is 5.60. The molecule has 8 nitrogen and oxygen atoms in total. The highest BCUT2D eigenvalue weighted by Crippen LogP contribution is 2.26. The number of aromatic nitrogens is 3. The molecule has 156 valence electrons. The van der Waals surface area contributed by atoms with Gasteiger partial charge >= 0.3 is 11.7 Å². The van der Waals surface area contributed by atoms with E-state index < -0.39 is 23.0 Å². The van der Waals surface area contributed by atoms with E-state index >= 15 is 0 Å². The number of halogens is 1. The lowest BCUT2D eigenvalue weighted by Crippen LogP contribution is -2.44. The second kappa shape index (κ2) is 7.83. The van der Waals surface area contributed by atoms with Crippen LogP contribution < -0.4 is 17.0 Å². The summed E-state index contributed by atoms with van der Waals surface area (Å²) in [6.45, 7) is 0.00159. The highest BCUT2D eigenvalue weighted by Gasteiger charge is 2.25. The van der Waals surface area contributed by atoms with Crippen molar-refractivity contribution in [1.82, 2.24) is 14.1 Å². The second-order valence-electron chi connectivity index (χ2n) is 7.64. The van der Waals surface area contributed by atoms with Crippen molar-refractivity contribution in [3.63, 3.8) is 0 Å². The van der Waals surface area contributed by atoms with Gasteiger partial charge in [0.15, 0.2) is 0 Å². The molecular weight excluding hydrogens is 391 g/mol. The molecule has 0 amide bonds. The van der Waals surface area contributed by atoms with Crippen LogP contribution in [0.1, 0.15) is 47.6 Å². The first-order valence-corrected chi connectivity index (χ1v) is 9.73. The predicted molar refractivity (Wildman–Crippen MR) is 108 cm³/mol. The van der Waals surface area contributed by atoms with Gasteiger partial charge in [0.25, 0.3) is 5.56 Å². The van der Waals surface area contributed by atoms with Gasteiger partial charge in [0.05, 0.1) is 23.7 Å². The molecule has 0 saturated heterocycles. The summed E-state index contributed by atoms with van der Waals surface area (Å²) < 4.78 is 16.3. The van der Waals surface area contributed by atoms with E-state index in [2.05, 4.69) is 4.98 Å². The van der Waals surface area contributed by atoms with Gasteiger partial charge < -0.3 is 10.8 Å². The SMILES string of the molecule is NC1CCC(n2c(=O)c3cc(F)cnc3n(Cc3cccc(C(=O)O)c3)c2=O)CC1. The van der Waals surface area contributed by atoms with Crippen molar-refractivity contribution in [2.45, 2.75) is 44.3 Å². The quantitative estimate of drug-likeness (QED) is 0.675. The van der Waals surface area contributed by atoms with E-state index in [1.807, 2.05) is 0 Å². The van der Waals surface area contributed by atoms with Gasteiger partial charge in [-0.05, 0) is 49.4 Å². The van der Waals surface area contributed by atoms with Gasteiger partial charge in [0, 0.05) is 12.1 Å². The molecule has 1 aromatic carbocycles. The molecule has 3 aromatic rings. The minimum Gasteiger partial charge on any atom is -0.478 e. The first-order valence-electron chi connectivity index (χ1n) is 9.73. The monoisotopic (exact) mass is 412 g/mol. The van der Waals surface area contributed by atoms with Gasteiger partial charge in [-0.3, -0.25) is 13.9 Å². The zero-order valence-electron chi connectivity index (χ0n) is 16.1. The summed E-state index contributed by atoms with van der Waals surface area (Å²) in [5.74, 6) is -1.76. The normalized spacial score (nSPS) is 19.1. The lowest BCUT2D eigenvalue weighted by atomic mass is 9.91. The Hall–Kier alpha value is -3.33. The van der Waals surface area contributed by atoms with Crippen LogP contribution in [-0.2, 0) is 6.54 Å². The van der Waals surface area contributed by atoms with Crippen molar-refractivity contribution >= 4 is 17.0 Å². The summed E-state index contributed by atoms with van der Waals surface area (Å²) >= 11 is 0. The van der Waals surface area contributed by atoms with Crippen LogP contribution in [0.3, 0.4) is 0 Å². The Bertz CT molecular complexity index is 1240. The van der Waals surface area contributed by atoms with E-state index in [0.717, 1.165) is 12.3 Å². The average molecular weight is 412 g/mol. The molecule has 2 heterocycles. The smallest absolute Gasteiger partial charge is 0.335 e. The molecule has 2 aromatic heterocycles. The molecule has 1 fully saturated rings. The molecular formula is C21H21FN4O4. The number of aromatic carboxylic acids is 1. The number of rotatable bonds is 4. The van der Waals surface area contributed by atoms with Gasteiger partial charge in [-0.25, -0.2) is 19.0 Å². The topological polar surface area (TPSA) is 120 Å². The molecule has 30 heavy (non-hydrogen) atoms. The van der Waals surface area contributed by atoms with Gasteiger partial charge in [-0.1, -0.05) is 12.1 Å². The minimum absolute atomic E-state index is 0.00159. The van der Waals surface area contributed by atoms with Crippen molar-refractivity contribution in [2.24, 2.45) is 5.73 Å². The van der Waals surface area contributed by atoms with Gasteiger partial charge in [0.2, 0.25) is 0 Å². The van der Waals surface area contributed by atoms with E-state index in [1.165, 1.54) is 21.3 Å². The molecule has 9 heteroatoms. The van der Waals surface area contributed by atoms with E-state index in [9.17, 15) is 23.9 Å². The molecule has 1 aliphatic carbocycles. The summed E-state index contributed by atoms with van der Waals surface area (Å²) in [7, 11) is 0. The second-order valence-corrected chi connectivity index (χ2v) is 7.64. The lowest BCUT2D eigenvalue weighted by molar-refractivity contribution is 0.0696. The summed E-state index contributed by atoms with van der Waals surface area (Å²) in [5.41, 5.74) is 5.54. The Balaban J connectivity index is 1.90. The van der Waals surface area contributed by atoms with Crippen LogP contribution in [0.25, 0.3) is 11.0 Å². The van der Waals surface area contributed by atoms with E-state index in [-0.39, 0.29) is 35.2 Å². The Labute approximate surface area is 170 Å². The van der Waals surface area contributed by atoms with Crippen LogP contribution in [-0.4, -0.2) is 31.2 Å². The molecule has 0 unspecified atom stereocenters. The Morgan fingerprint density at radius 3 is 2.63 bits per heavy atom. The van der Waals surface area contributed by atoms with Crippen LogP contribution in [0, 0.1) is 5.82 Å². The fraction of sp³-hybridized carbons (Fsp3) is 0.333. The molecule has 0 aliphatic heterocycles. The van der Waals surface area contributed by atoms with Crippen LogP contribution >= 0.6 is 0 Å². The molecule has 1 aliphatic rings. The zero-order chi connectivity index (χ0) is 21.4. The molecule has 4 rings (SSSR count). The third-order valence-corrected chi connectivity index (χ3v) is 5.60. The first-order chi connectivity index (χ1) is 14.3. The number of hydrogen-bond donors (Lipinski definition) is 2. The number of benzene rings is 1. The number of fused-ring (bicyclic) bond motifs is 1. The average Bonchev–Trinajstić information content (AvgIpc) is 2.73. The Morgan fingerprint density at radius 2 is 1.93 bits per heavy atom. The Kier molecular flexibility index (Phi) is 5.21. The number of pyridine rings is 1. The van der Waals surface area contributed by atoms with Crippen LogP contribution in [0.4, 0.5) is 4.39 Å². The number of carboxylic acid groups (broad SMARTS) is 1. The number of nitrogens with two attached hydrogens (primary N) is 1. The maximum absolute atomic E-state index is 13.9. The van der Waals surface area contributed by atoms with Gasteiger partial charge in [-0.15, -0.1) is 0 Å². The van der Waals surface area contributed by atoms with Crippen molar-refractivity contribution in [1.29, 1.82) is 0 Å². The molecule has 0 atom stereocenters. The van der Waals surface area contributed by atoms with Crippen LogP contribution in [0.15, 0.2) is 46.1 Å². The molecule has 0 bridgehead atoms. The highest BCUT2D eigenvalue weighted by molar-refractivity contribution is 5.87. The van der Waals surface area contributed by atoms with Crippen molar-refractivity contribution < 1.29 is 14.3 Å². The van der Waals surface area contributed by atoms with Crippen LogP contribution in [0.5, 0.6) is 0 Å². The number of nitrogens with zero attached hydrogens (tertiary/aromatic N) is 3. The number of hydrogen-bond acceptors (Lipinski definition) is 5. The first kappa shape index (κ1) is 20.0. The number of carboxylic acids is 1. The predicted octanol–water partition coefficient (Wildman–Crippen LogP) is 1.89. The summed E-state index contributed by atoms with van der Waals surface area (Å²) in [6, 6.07) is 6.97. The third kappa shape index (κ3) is 3.63. The molecule has 3 N–H and O–H groups in total. The molecule has 0 radical (unpaired) electrons. The maximum atomic E-state index is 13.9. The van der Waals surface area contributed by atoms with Crippen molar-refractivity contribution in [3.8, 4) is 0 Å². The largest absolute Gasteiger partial charge is 0.478 e. The summed E-state index contributed by atoms with van der Waals surface area (Å²) in [6.07, 6.45) is 3.50. The van der Waals surface area contributed by atoms with Crippen molar-refractivity contribution in [2.75, 3.05) is 0 Å². The van der Waals surface area contributed by atoms with E-state index in [1.54, 1.807) is 12.1 Å². The maximum Gasteiger partial charge on any atom is 0.335 e. The zero-order valence-corrected chi connectivity index (χ0v) is 16.1.